The summed E-state index contributed by atoms with van der Waals surface area (Å²) in [5.41, 5.74) is 1.20. The molecule has 6 heteroatoms. The average Bonchev–Trinajstić information content (AvgIpc) is 2.54. The van der Waals surface area contributed by atoms with Gasteiger partial charge in [-0.1, -0.05) is 13.3 Å². The van der Waals surface area contributed by atoms with Crippen LogP contribution in [0.4, 0.5) is 11.4 Å². The Morgan fingerprint density at radius 1 is 1.36 bits per heavy atom. The monoisotopic (exact) mass is 298 g/mol. The van der Waals surface area contributed by atoms with Crippen LogP contribution in [0.5, 0.6) is 5.75 Å². The maximum Gasteiger partial charge on any atom is 0.224 e. The summed E-state index contributed by atoms with van der Waals surface area (Å²) in [5, 5.41) is 23.0. The van der Waals surface area contributed by atoms with E-state index in [0.29, 0.717) is 23.5 Å². The molecule has 1 rings (SSSR count). The van der Waals surface area contributed by atoms with Crippen LogP contribution < -0.4 is 15.4 Å². The number of allylic oxidation sites excluding steroid dienone is 1. The van der Waals surface area contributed by atoms with Crippen LogP contribution in [0, 0.1) is 22.7 Å². The van der Waals surface area contributed by atoms with Gasteiger partial charge in [0.25, 0.3) is 0 Å². The molecule has 2 N–H and O–H groups in total. The lowest BCUT2D eigenvalue weighted by atomic mass is 10.2. The second kappa shape index (κ2) is 9.04. The van der Waals surface area contributed by atoms with Crippen LogP contribution >= 0.6 is 0 Å². The van der Waals surface area contributed by atoms with E-state index in [0.717, 1.165) is 12.8 Å². The Bertz CT molecular complexity index is 623. The molecule has 0 heterocycles. The maximum absolute atomic E-state index is 11.8. The minimum Gasteiger partial charge on any atom is -0.494 e. The molecule has 0 aromatic heterocycles. The minimum absolute atomic E-state index is 0.0316. The van der Waals surface area contributed by atoms with E-state index in [-0.39, 0.29) is 11.5 Å². The molecule has 0 aliphatic carbocycles. The third kappa shape index (κ3) is 5.18. The summed E-state index contributed by atoms with van der Waals surface area (Å²) in [6.07, 6.45) is 3.58. The van der Waals surface area contributed by atoms with Crippen molar-refractivity contribution in [3.8, 4) is 17.9 Å². The molecular weight excluding hydrogens is 280 g/mol. The Hall–Kier alpha value is -2.99. The van der Waals surface area contributed by atoms with Gasteiger partial charge in [-0.15, -0.1) is 0 Å². The number of hydrogen-bond donors (Lipinski definition) is 2. The molecule has 0 aliphatic rings. The van der Waals surface area contributed by atoms with Crippen LogP contribution in [-0.4, -0.2) is 13.0 Å². The van der Waals surface area contributed by atoms with Gasteiger partial charge in [-0.2, -0.15) is 10.5 Å². The summed E-state index contributed by atoms with van der Waals surface area (Å²) in [6.45, 7) is 2.03. The van der Waals surface area contributed by atoms with Crippen LogP contribution in [0.1, 0.15) is 26.2 Å². The number of methoxy groups -OCH3 is 1. The molecule has 0 radical (unpaired) electrons. The molecular formula is C16H18N4O2. The molecule has 0 spiro atoms. The molecule has 0 atom stereocenters. The first-order valence-corrected chi connectivity index (χ1v) is 6.89. The average molecular weight is 298 g/mol. The Kier molecular flexibility index (Phi) is 7.01. The summed E-state index contributed by atoms with van der Waals surface area (Å²) in [6, 6.07) is 8.62. The van der Waals surface area contributed by atoms with E-state index in [1.165, 1.54) is 13.3 Å². The number of nitrogens with zero attached hydrogens (tertiary/aromatic N) is 2. The lowest BCUT2D eigenvalue weighted by Crippen LogP contribution is -2.11. The summed E-state index contributed by atoms with van der Waals surface area (Å²) in [7, 11) is 1.51. The molecule has 0 bridgehead atoms. The highest BCUT2D eigenvalue weighted by molar-refractivity contribution is 5.92. The highest BCUT2D eigenvalue weighted by Crippen LogP contribution is 2.28. The Labute approximate surface area is 130 Å². The predicted octanol–water partition coefficient (Wildman–Crippen LogP) is 3.17. The van der Waals surface area contributed by atoms with Crippen molar-refractivity contribution in [2.24, 2.45) is 0 Å². The van der Waals surface area contributed by atoms with Crippen molar-refractivity contribution in [3.63, 3.8) is 0 Å². The Morgan fingerprint density at radius 2 is 2.09 bits per heavy atom. The quantitative estimate of drug-likeness (QED) is 0.753. The number of anilines is 2. The third-order valence-electron chi connectivity index (χ3n) is 2.86. The maximum atomic E-state index is 11.8. The molecule has 0 aliphatic heterocycles. The highest BCUT2D eigenvalue weighted by Gasteiger charge is 2.08. The molecule has 1 amide bonds. The number of carbonyl (C=O) groups is 1. The largest absolute Gasteiger partial charge is 0.494 e. The SMILES string of the molecule is CCCCC(=O)Nc1ccc(NC=C(C#N)C#N)cc1OC. The number of nitriles is 2. The minimum atomic E-state index is -0.0583. The lowest BCUT2D eigenvalue weighted by molar-refractivity contribution is -0.116. The number of nitrogens with one attached hydrogen (secondary N) is 2. The molecule has 22 heavy (non-hydrogen) atoms. The van der Waals surface area contributed by atoms with Crippen LogP contribution in [0.2, 0.25) is 0 Å². The van der Waals surface area contributed by atoms with Gasteiger partial charge in [0.1, 0.15) is 23.5 Å². The molecule has 1 aromatic rings. The smallest absolute Gasteiger partial charge is 0.224 e. The zero-order valence-electron chi connectivity index (χ0n) is 12.6. The molecule has 0 unspecified atom stereocenters. The molecule has 0 saturated heterocycles. The van der Waals surface area contributed by atoms with Crippen molar-refractivity contribution < 1.29 is 9.53 Å². The predicted molar refractivity (Wildman–Crippen MR) is 84.1 cm³/mol. The van der Waals surface area contributed by atoms with Gasteiger partial charge in [0.05, 0.1) is 12.8 Å². The van der Waals surface area contributed by atoms with Gasteiger partial charge in [0.2, 0.25) is 5.91 Å². The number of hydrogen-bond acceptors (Lipinski definition) is 5. The van der Waals surface area contributed by atoms with Gasteiger partial charge in [-0.3, -0.25) is 4.79 Å². The van der Waals surface area contributed by atoms with E-state index in [4.69, 9.17) is 15.3 Å². The van der Waals surface area contributed by atoms with E-state index in [1.807, 2.05) is 6.92 Å². The van der Waals surface area contributed by atoms with Gasteiger partial charge >= 0.3 is 0 Å². The summed E-state index contributed by atoms with van der Waals surface area (Å²) >= 11 is 0. The van der Waals surface area contributed by atoms with E-state index in [1.54, 1.807) is 30.3 Å². The zero-order valence-corrected chi connectivity index (χ0v) is 12.6. The molecule has 114 valence electrons. The fraction of sp³-hybridized carbons (Fsp3) is 0.312. The second-order valence-corrected chi connectivity index (χ2v) is 4.49. The molecule has 0 saturated carbocycles. The van der Waals surface area contributed by atoms with Crippen molar-refractivity contribution in [2.45, 2.75) is 26.2 Å². The highest BCUT2D eigenvalue weighted by atomic mass is 16.5. The summed E-state index contributed by atoms with van der Waals surface area (Å²) in [5.74, 6) is 0.440. The molecule has 0 fully saturated rings. The van der Waals surface area contributed by atoms with Gasteiger partial charge in [0.15, 0.2) is 0 Å². The van der Waals surface area contributed by atoms with Crippen molar-refractivity contribution >= 4 is 17.3 Å². The van der Waals surface area contributed by atoms with Gasteiger partial charge in [-0.05, 0) is 18.6 Å². The number of amides is 1. The van der Waals surface area contributed by atoms with Crippen LogP contribution in [0.3, 0.4) is 0 Å². The fourth-order valence-corrected chi connectivity index (χ4v) is 1.68. The summed E-state index contributed by atoms with van der Waals surface area (Å²) < 4.78 is 5.25. The van der Waals surface area contributed by atoms with Crippen molar-refractivity contribution in [1.29, 1.82) is 10.5 Å². The summed E-state index contributed by atoms with van der Waals surface area (Å²) in [4.78, 5) is 11.8. The van der Waals surface area contributed by atoms with E-state index >= 15 is 0 Å². The topological polar surface area (TPSA) is 97.9 Å². The standard InChI is InChI=1S/C16H18N4O2/c1-3-4-5-16(21)20-14-7-6-13(8-15(14)22-2)19-11-12(9-17)10-18/h6-8,11,19H,3-5H2,1-2H3,(H,20,21). The normalized spacial score (nSPS) is 9.09. The lowest BCUT2D eigenvalue weighted by Gasteiger charge is -2.12. The number of ether oxygens (including phenoxy) is 1. The fourth-order valence-electron chi connectivity index (χ4n) is 1.68. The van der Waals surface area contributed by atoms with Crippen molar-refractivity contribution in [2.75, 3.05) is 17.7 Å². The number of carbonyl (C=O) groups excluding carboxylic acids is 1. The van der Waals surface area contributed by atoms with Gasteiger partial charge < -0.3 is 15.4 Å². The first-order chi connectivity index (χ1) is 10.6. The molecule has 1 aromatic carbocycles. The number of rotatable bonds is 7. The van der Waals surface area contributed by atoms with Crippen LogP contribution in [-0.2, 0) is 4.79 Å². The first-order valence-electron chi connectivity index (χ1n) is 6.89. The number of benzene rings is 1. The Balaban J connectivity index is 2.83. The van der Waals surface area contributed by atoms with E-state index in [9.17, 15) is 4.79 Å². The van der Waals surface area contributed by atoms with Crippen molar-refractivity contribution in [3.05, 3.63) is 30.0 Å². The second-order valence-electron chi connectivity index (χ2n) is 4.49. The zero-order chi connectivity index (χ0) is 16.4. The number of unbranched alkanes of at least 4 members (excludes halogenated alkanes) is 1. The Morgan fingerprint density at radius 3 is 2.68 bits per heavy atom. The van der Waals surface area contributed by atoms with E-state index in [2.05, 4.69) is 10.6 Å². The van der Waals surface area contributed by atoms with Gasteiger partial charge in [0, 0.05) is 24.4 Å². The van der Waals surface area contributed by atoms with Crippen LogP contribution in [0.15, 0.2) is 30.0 Å². The first kappa shape index (κ1) is 17.1. The third-order valence-corrected chi connectivity index (χ3v) is 2.86. The van der Waals surface area contributed by atoms with Crippen molar-refractivity contribution in [1.82, 2.24) is 0 Å². The van der Waals surface area contributed by atoms with Crippen LogP contribution in [0.25, 0.3) is 0 Å². The molecule has 6 nitrogen and oxygen atoms in total. The van der Waals surface area contributed by atoms with Gasteiger partial charge in [-0.25, -0.2) is 0 Å². The van der Waals surface area contributed by atoms with E-state index < -0.39 is 0 Å².